The van der Waals surface area contributed by atoms with Gasteiger partial charge in [-0.25, -0.2) is 8.42 Å². The van der Waals surface area contributed by atoms with Gasteiger partial charge in [-0.2, -0.15) is 0 Å². The lowest BCUT2D eigenvalue weighted by Gasteiger charge is -2.39. The topological polar surface area (TPSA) is 69.7 Å². The summed E-state index contributed by atoms with van der Waals surface area (Å²) in [5.74, 6) is 0.596. The van der Waals surface area contributed by atoms with Gasteiger partial charge in [-0.3, -0.25) is 14.6 Å². The standard InChI is InChI=1S/C21H33N3O3S/c1-16(20(25)22-18-7-5-17(6-8-18)21(2,3)4)23-10-12-24(13-11-23)19-9-14-28(26,27)15-19/h5-8,16,19H,9-15H2,1-4H3,(H,22,25)/t16-,19+/m1/s1. The van der Waals surface area contributed by atoms with Crippen molar-refractivity contribution in [1.82, 2.24) is 9.80 Å². The molecule has 7 heteroatoms. The van der Waals surface area contributed by atoms with Gasteiger partial charge in [0.2, 0.25) is 5.91 Å². The number of anilines is 1. The summed E-state index contributed by atoms with van der Waals surface area (Å²) >= 11 is 0. The molecule has 0 spiro atoms. The highest BCUT2D eigenvalue weighted by atomic mass is 32.2. The lowest BCUT2D eigenvalue weighted by Crippen LogP contribution is -2.55. The monoisotopic (exact) mass is 407 g/mol. The van der Waals surface area contributed by atoms with E-state index in [1.165, 1.54) is 5.56 Å². The number of piperazine rings is 1. The van der Waals surface area contributed by atoms with Gasteiger partial charge in [-0.15, -0.1) is 0 Å². The van der Waals surface area contributed by atoms with E-state index in [9.17, 15) is 13.2 Å². The molecule has 0 aromatic heterocycles. The number of hydrogen-bond acceptors (Lipinski definition) is 5. The summed E-state index contributed by atoms with van der Waals surface area (Å²) in [6.45, 7) is 11.7. The van der Waals surface area contributed by atoms with Crippen molar-refractivity contribution in [3.63, 3.8) is 0 Å². The zero-order chi connectivity index (χ0) is 20.5. The smallest absolute Gasteiger partial charge is 0.241 e. The van der Waals surface area contributed by atoms with E-state index in [4.69, 9.17) is 0 Å². The van der Waals surface area contributed by atoms with Gasteiger partial charge in [0.1, 0.15) is 0 Å². The maximum atomic E-state index is 12.7. The highest BCUT2D eigenvalue weighted by molar-refractivity contribution is 7.91. The average Bonchev–Trinajstić information content (AvgIpc) is 3.01. The maximum absolute atomic E-state index is 12.7. The second-order valence-electron chi connectivity index (χ2n) is 9.12. The summed E-state index contributed by atoms with van der Waals surface area (Å²) in [5, 5.41) is 3.02. The van der Waals surface area contributed by atoms with Crippen molar-refractivity contribution in [3.8, 4) is 0 Å². The lowest BCUT2D eigenvalue weighted by molar-refractivity contribution is -0.121. The van der Waals surface area contributed by atoms with Crippen LogP contribution in [0.1, 0.15) is 39.7 Å². The Bertz CT molecular complexity index is 791. The first-order valence-electron chi connectivity index (χ1n) is 10.2. The molecule has 0 unspecified atom stereocenters. The van der Waals surface area contributed by atoms with Crippen LogP contribution >= 0.6 is 0 Å². The molecule has 0 bridgehead atoms. The minimum absolute atomic E-state index is 0.000373. The van der Waals surface area contributed by atoms with Gasteiger partial charge in [-0.05, 0) is 36.5 Å². The molecule has 2 aliphatic heterocycles. The van der Waals surface area contributed by atoms with Crippen LogP contribution < -0.4 is 5.32 Å². The van der Waals surface area contributed by atoms with E-state index in [2.05, 4.69) is 48.0 Å². The molecular weight excluding hydrogens is 374 g/mol. The van der Waals surface area contributed by atoms with Gasteiger partial charge in [0.15, 0.2) is 9.84 Å². The SMILES string of the molecule is C[C@H](C(=O)Nc1ccc(C(C)(C)C)cc1)N1CCN([C@H]2CCS(=O)(=O)C2)CC1. The summed E-state index contributed by atoms with van der Waals surface area (Å²) in [7, 11) is -2.85. The van der Waals surface area contributed by atoms with Crippen LogP contribution in [0.4, 0.5) is 5.69 Å². The molecule has 156 valence electrons. The Hall–Kier alpha value is -1.44. The lowest BCUT2D eigenvalue weighted by atomic mass is 9.87. The number of benzene rings is 1. The molecule has 1 N–H and O–H groups in total. The molecule has 0 saturated carbocycles. The first-order valence-corrected chi connectivity index (χ1v) is 12.0. The largest absolute Gasteiger partial charge is 0.325 e. The molecule has 0 radical (unpaired) electrons. The van der Waals surface area contributed by atoms with Crippen LogP contribution in [0.2, 0.25) is 0 Å². The maximum Gasteiger partial charge on any atom is 0.241 e. The predicted molar refractivity (Wildman–Crippen MR) is 113 cm³/mol. The Morgan fingerprint density at radius 3 is 2.21 bits per heavy atom. The fourth-order valence-corrected chi connectivity index (χ4v) is 5.78. The van der Waals surface area contributed by atoms with Gasteiger partial charge in [0.05, 0.1) is 17.5 Å². The van der Waals surface area contributed by atoms with E-state index >= 15 is 0 Å². The van der Waals surface area contributed by atoms with Crippen molar-refractivity contribution in [2.45, 2.75) is 51.6 Å². The van der Waals surface area contributed by atoms with Crippen LogP contribution in [0.25, 0.3) is 0 Å². The minimum Gasteiger partial charge on any atom is -0.325 e. The zero-order valence-corrected chi connectivity index (χ0v) is 18.3. The third-order valence-corrected chi connectivity index (χ3v) is 7.77. The zero-order valence-electron chi connectivity index (χ0n) is 17.4. The summed E-state index contributed by atoms with van der Waals surface area (Å²) in [6, 6.07) is 7.99. The molecule has 2 aliphatic rings. The average molecular weight is 408 g/mol. The second-order valence-corrected chi connectivity index (χ2v) is 11.4. The van der Waals surface area contributed by atoms with Crippen LogP contribution in [-0.2, 0) is 20.0 Å². The highest BCUT2D eigenvalue weighted by Gasteiger charge is 2.35. The molecule has 1 aromatic rings. The molecule has 3 rings (SSSR count). The van der Waals surface area contributed by atoms with E-state index in [0.717, 1.165) is 38.3 Å². The third-order valence-electron chi connectivity index (χ3n) is 6.02. The molecule has 1 amide bonds. The predicted octanol–water partition coefficient (Wildman–Crippen LogP) is 2.12. The van der Waals surface area contributed by atoms with Crippen molar-refractivity contribution in [3.05, 3.63) is 29.8 Å². The summed E-state index contributed by atoms with van der Waals surface area (Å²) in [4.78, 5) is 17.1. The Labute approximate surface area is 169 Å². The molecule has 28 heavy (non-hydrogen) atoms. The van der Waals surface area contributed by atoms with Crippen molar-refractivity contribution >= 4 is 21.4 Å². The summed E-state index contributed by atoms with van der Waals surface area (Å²) < 4.78 is 23.4. The number of rotatable bonds is 4. The van der Waals surface area contributed by atoms with Gasteiger partial charge in [0.25, 0.3) is 0 Å². The number of carbonyl (C=O) groups is 1. The molecule has 6 nitrogen and oxygen atoms in total. The Morgan fingerprint density at radius 1 is 1.11 bits per heavy atom. The Kier molecular flexibility index (Phi) is 6.17. The van der Waals surface area contributed by atoms with E-state index < -0.39 is 9.84 Å². The first-order chi connectivity index (χ1) is 13.0. The van der Waals surface area contributed by atoms with Crippen molar-refractivity contribution < 1.29 is 13.2 Å². The van der Waals surface area contributed by atoms with E-state index in [1.807, 2.05) is 19.1 Å². The first kappa shape index (κ1) is 21.3. The quantitative estimate of drug-likeness (QED) is 0.828. The number of sulfone groups is 1. The Balaban J connectivity index is 1.50. The molecule has 2 heterocycles. The normalized spacial score (nSPS) is 24.8. The molecule has 2 saturated heterocycles. The van der Waals surface area contributed by atoms with Gasteiger partial charge >= 0.3 is 0 Å². The van der Waals surface area contributed by atoms with Crippen molar-refractivity contribution in [2.75, 3.05) is 43.0 Å². The minimum atomic E-state index is -2.85. The van der Waals surface area contributed by atoms with E-state index in [-0.39, 0.29) is 29.2 Å². The van der Waals surface area contributed by atoms with Crippen LogP contribution in [-0.4, -0.2) is 73.9 Å². The molecule has 2 fully saturated rings. The van der Waals surface area contributed by atoms with Gasteiger partial charge < -0.3 is 5.32 Å². The Morgan fingerprint density at radius 2 is 1.71 bits per heavy atom. The number of carbonyl (C=O) groups excluding carboxylic acids is 1. The second kappa shape index (κ2) is 8.13. The van der Waals surface area contributed by atoms with Crippen molar-refractivity contribution in [2.24, 2.45) is 0 Å². The fraction of sp³-hybridized carbons (Fsp3) is 0.667. The summed E-state index contributed by atoms with van der Waals surface area (Å²) in [6.07, 6.45) is 0.739. The van der Waals surface area contributed by atoms with E-state index in [1.54, 1.807) is 0 Å². The number of hydrogen-bond donors (Lipinski definition) is 1. The number of nitrogens with zero attached hydrogens (tertiary/aromatic N) is 2. The van der Waals surface area contributed by atoms with Crippen LogP contribution in [0, 0.1) is 0 Å². The fourth-order valence-electron chi connectivity index (χ4n) is 4.02. The number of nitrogens with one attached hydrogen (secondary N) is 1. The van der Waals surface area contributed by atoms with Crippen LogP contribution in [0.3, 0.4) is 0 Å². The van der Waals surface area contributed by atoms with Crippen LogP contribution in [0.5, 0.6) is 0 Å². The van der Waals surface area contributed by atoms with Gasteiger partial charge in [-0.1, -0.05) is 32.9 Å². The molecule has 2 atom stereocenters. The van der Waals surface area contributed by atoms with Gasteiger partial charge in [0, 0.05) is 37.9 Å². The molecule has 0 aliphatic carbocycles. The molecule has 1 aromatic carbocycles. The summed E-state index contributed by atoms with van der Waals surface area (Å²) in [5.41, 5.74) is 2.15. The van der Waals surface area contributed by atoms with Crippen LogP contribution in [0.15, 0.2) is 24.3 Å². The third kappa shape index (κ3) is 5.13. The van der Waals surface area contributed by atoms with E-state index in [0.29, 0.717) is 5.75 Å². The molecular formula is C21H33N3O3S. The number of amides is 1. The van der Waals surface area contributed by atoms with Crippen molar-refractivity contribution in [1.29, 1.82) is 0 Å². The highest BCUT2D eigenvalue weighted by Crippen LogP contribution is 2.24.